The fraction of sp³-hybridized carbons (Fsp3) is 0.550. The molecule has 0 amide bonds. The summed E-state index contributed by atoms with van der Waals surface area (Å²) in [5, 5.41) is 10.5. The molecule has 2 bridgehead atoms. The van der Waals surface area contributed by atoms with Gasteiger partial charge in [0.1, 0.15) is 10.0 Å². The van der Waals surface area contributed by atoms with Crippen molar-refractivity contribution >= 4 is 17.3 Å². The van der Waals surface area contributed by atoms with E-state index in [9.17, 15) is 4.79 Å². The Labute approximate surface area is 158 Å². The highest BCUT2D eigenvalue weighted by Gasteiger charge is 2.60. The summed E-state index contributed by atoms with van der Waals surface area (Å²) in [6, 6.07) is 11.0. The SMILES string of the molecule is CCOC(=O)[C@@]1(Cc2ccccc2)C[C@H]2CC[C@@H]1N2Cc1nnc(C)s1. The van der Waals surface area contributed by atoms with Crippen LogP contribution in [0.2, 0.25) is 0 Å². The minimum Gasteiger partial charge on any atom is -0.466 e. The summed E-state index contributed by atoms with van der Waals surface area (Å²) in [5.74, 6) is -0.0329. The highest BCUT2D eigenvalue weighted by Crippen LogP contribution is 2.52. The Morgan fingerprint density at radius 3 is 2.81 bits per heavy atom. The number of nitrogens with zero attached hydrogens (tertiary/aromatic N) is 3. The van der Waals surface area contributed by atoms with Crippen LogP contribution < -0.4 is 0 Å². The largest absolute Gasteiger partial charge is 0.466 e. The van der Waals surface area contributed by atoms with Crippen molar-refractivity contribution in [3.8, 4) is 0 Å². The van der Waals surface area contributed by atoms with E-state index in [2.05, 4.69) is 27.2 Å². The van der Waals surface area contributed by atoms with E-state index in [0.29, 0.717) is 12.6 Å². The van der Waals surface area contributed by atoms with Gasteiger partial charge in [0.15, 0.2) is 0 Å². The predicted octanol–water partition coefficient (Wildman–Crippen LogP) is 3.38. The first-order chi connectivity index (χ1) is 12.6. The van der Waals surface area contributed by atoms with Crippen molar-refractivity contribution in [2.45, 2.75) is 58.2 Å². The van der Waals surface area contributed by atoms with Gasteiger partial charge in [-0.15, -0.1) is 21.5 Å². The molecule has 0 saturated carbocycles. The van der Waals surface area contributed by atoms with Crippen molar-refractivity contribution in [1.29, 1.82) is 0 Å². The molecule has 0 radical (unpaired) electrons. The molecule has 2 aliphatic rings. The van der Waals surface area contributed by atoms with Crippen molar-refractivity contribution in [2.24, 2.45) is 5.41 Å². The summed E-state index contributed by atoms with van der Waals surface area (Å²) in [6.07, 6.45) is 3.83. The molecule has 4 rings (SSSR count). The molecule has 0 spiro atoms. The zero-order valence-electron chi connectivity index (χ0n) is 15.4. The van der Waals surface area contributed by atoms with Crippen LogP contribution in [0.4, 0.5) is 0 Å². The third-order valence-electron chi connectivity index (χ3n) is 5.81. The van der Waals surface area contributed by atoms with Crippen LogP contribution in [-0.4, -0.2) is 39.8 Å². The second kappa shape index (κ2) is 7.08. The summed E-state index contributed by atoms with van der Waals surface area (Å²) in [4.78, 5) is 15.6. The lowest BCUT2D eigenvalue weighted by atomic mass is 9.70. The summed E-state index contributed by atoms with van der Waals surface area (Å²) in [5.41, 5.74) is 0.764. The first-order valence-electron chi connectivity index (χ1n) is 9.38. The maximum absolute atomic E-state index is 13.1. The summed E-state index contributed by atoms with van der Waals surface area (Å²) < 4.78 is 5.57. The van der Waals surface area contributed by atoms with Gasteiger partial charge in [-0.1, -0.05) is 30.3 Å². The molecule has 2 fully saturated rings. The number of rotatable bonds is 6. The lowest BCUT2D eigenvalue weighted by Crippen LogP contribution is -2.46. The zero-order chi connectivity index (χ0) is 18.1. The standard InChI is InChI=1S/C20H25N3O2S/c1-3-25-19(24)20(11-15-7-5-4-6-8-15)12-16-9-10-17(20)23(16)13-18-22-21-14(2)26-18/h4-8,16-17H,3,9-13H2,1-2H3/t16-,17+,20+/m1/s1. The van der Waals surface area contributed by atoms with Crippen LogP contribution >= 0.6 is 11.3 Å². The van der Waals surface area contributed by atoms with Crippen molar-refractivity contribution in [1.82, 2.24) is 15.1 Å². The quantitative estimate of drug-likeness (QED) is 0.729. The molecule has 0 N–H and O–H groups in total. The topological polar surface area (TPSA) is 55.3 Å². The van der Waals surface area contributed by atoms with E-state index in [1.54, 1.807) is 11.3 Å². The van der Waals surface area contributed by atoms with Crippen LogP contribution in [0.1, 0.15) is 41.8 Å². The molecule has 1 aromatic carbocycles. The number of esters is 1. The summed E-state index contributed by atoms with van der Waals surface area (Å²) in [6.45, 7) is 5.10. The van der Waals surface area contributed by atoms with Gasteiger partial charge < -0.3 is 4.74 Å². The second-order valence-corrected chi connectivity index (χ2v) is 8.64. The van der Waals surface area contributed by atoms with Crippen molar-refractivity contribution < 1.29 is 9.53 Å². The monoisotopic (exact) mass is 371 g/mol. The molecule has 26 heavy (non-hydrogen) atoms. The Morgan fingerprint density at radius 1 is 1.31 bits per heavy atom. The molecule has 2 saturated heterocycles. The molecule has 3 atom stereocenters. The molecule has 3 heterocycles. The number of ether oxygens (including phenoxy) is 1. The van der Waals surface area contributed by atoms with Crippen LogP contribution in [0.5, 0.6) is 0 Å². The highest BCUT2D eigenvalue weighted by molar-refractivity contribution is 7.11. The van der Waals surface area contributed by atoms with Crippen molar-refractivity contribution in [3.05, 3.63) is 45.9 Å². The van der Waals surface area contributed by atoms with Gasteiger partial charge in [0.05, 0.1) is 18.6 Å². The Balaban J connectivity index is 1.63. The Morgan fingerprint density at radius 2 is 2.12 bits per heavy atom. The number of fused-ring (bicyclic) bond motifs is 2. The van der Waals surface area contributed by atoms with E-state index < -0.39 is 5.41 Å². The highest BCUT2D eigenvalue weighted by atomic mass is 32.1. The number of carbonyl (C=O) groups excluding carboxylic acids is 1. The number of carbonyl (C=O) groups is 1. The number of aryl methyl sites for hydroxylation is 1. The van der Waals surface area contributed by atoms with Gasteiger partial charge in [0, 0.05) is 12.1 Å². The molecular formula is C20H25N3O2S. The van der Waals surface area contributed by atoms with Crippen LogP contribution in [0.15, 0.2) is 30.3 Å². The van der Waals surface area contributed by atoms with E-state index in [4.69, 9.17) is 4.74 Å². The molecule has 2 aliphatic heterocycles. The van der Waals surface area contributed by atoms with Crippen molar-refractivity contribution in [2.75, 3.05) is 6.61 Å². The van der Waals surface area contributed by atoms with Crippen LogP contribution in [0, 0.1) is 12.3 Å². The minimum atomic E-state index is -0.444. The predicted molar refractivity (Wildman–Crippen MR) is 101 cm³/mol. The Kier molecular flexibility index (Phi) is 4.80. The van der Waals surface area contributed by atoms with Gasteiger partial charge in [-0.2, -0.15) is 0 Å². The minimum absolute atomic E-state index is 0.0329. The molecule has 5 nitrogen and oxygen atoms in total. The maximum Gasteiger partial charge on any atom is 0.314 e. The lowest BCUT2D eigenvalue weighted by molar-refractivity contribution is -0.157. The van der Waals surface area contributed by atoms with E-state index in [1.807, 2.05) is 32.0 Å². The smallest absolute Gasteiger partial charge is 0.314 e. The first kappa shape index (κ1) is 17.6. The third kappa shape index (κ3) is 3.05. The number of hydrogen-bond acceptors (Lipinski definition) is 6. The van der Waals surface area contributed by atoms with E-state index in [-0.39, 0.29) is 12.0 Å². The molecule has 0 aliphatic carbocycles. The van der Waals surface area contributed by atoms with Gasteiger partial charge in [0.2, 0.25) is 0 Å². The second-order valence-electron chi connectivity index (χ2n) is 7.38. The molecule has 6 heteroatoms. The Bertz CT molecular complexity index is 778. The fourth-order valence-electron chi connectivity index (χ4n) is 4.82. The van der Waals surface area contributed by atoms with E-state index in [0.717, 1.165) is 42.2 Å². The van der Waals surface area contributed by atoms with Gasteiger partial charge in [-0.25, -0.2) is 0 Å². The van der Waals surface area contributed by atoms with Crippen LogP contribution in [-0.2, 0) is 22.5 Å². The molecular weight excluding hydrogens is 346 g/mol. The number of benzene rings is 1. The van der Waals surface area contributed by atoms with Gasteiger partial charge in [-0.05, 0) is 45.1 Å². The average Bonchev–Trinajstić information content (AvgIpc) is 3.30. The summed E-state index contributed by atoms with van der Waals surface area (Å²) in [7, 11) is 0. The molecule has 138 valence electrons. The summed E-state index contributed by atoms with van der Waals surface area (Å²) >= 11 is 1.65. The molecule has 0 unspecified atom stereocenters. The van der Waals surface area contributed by atoms with Gasteiger partial charge in [0.25, 0.3) is 0 Å². The molecule has 2 aromatic rings. The maximum atomic E-state index is 13.1. The molecule has 1 aromatic heterocycles. The van der Waals surface area contributed by atoms with Crippen LogP contribution in [0.3, 0.4) is 0 Å². The fourth-order valence-corrected chi connectivity index (χ4v) is 5.54. The Hall–Kier alpha value is -1.79. The lowest BCUT2D eigenvalue weighted by Gasteiger charge is -2.35. The number of aromatic nitrogens is 2. The first-order valence-corrected chi connectivity index (χ1v) is 10.2. The normalized spacial score (nSPS) is 27.8. The van der Waals surface area contributed by atoms with Crippen LogP contribution in [0.25, 0.3) is 0 Å². The van der Waals surface area contributed by atoms with E-state index >= 15 is 0 Å². The van der Waals surface area contributed by atoms with E-state index in [1.165, 1.54) is 5.56 Å². The average molecular weight is 372 g/mol. The number of hydrogen-bond donors (Lipinski definition) is 0. The zero-order valence-corrected chi connectivity index (χ0v) is 16.2. The third-order valence-corrected chi connectivity index (χ3v) is 6.63. The van der Waals surface area contributed by atoms with Crippen molar-refractivity contribution in [3.63, 3.8) is 0 Å². The van der Waals surface area contributed by atoms with Gasteiger partial charge in [-0.3, -0.25) is 9.69 Å². The van der Waals surface area contributed by atoms with Gasteiger partial charge >= 0.3 is 5.97 Å².